The Morgan fingerprint density at radius 2 is 1.87 bits per heavy atom. The molecule has 10 heteroatoms. The van der Waals surface area contributed by atoms with Gasteiger partial charge in [0.05, 0.1) is 5.56 Å². The van der Waals surface area contributed by atoms with Crippen LogP contribution in [0, 0.1) is 6.92 Å². The summed E-state index contributed by atoms with van der Waals surface area (Å²) in [7, 11) is 0. The van der Waals surface area contributed by atoms with E-state index >= 15 is 0 Å². The molecule has 0 unspecified atom stereocenters. The van der Waals surface area contributed by atoms with E-state index in [9.17, 15) is 22.8 Å². The van der Waals surface area contributed by atoms with Crippen molar-refractivity contribution in [3.63, 3.8) is 0 Å². The number of alkyl halides is 3. The summed E-state index contributed by atoms with van der Waals surface area (Å²) in [6, 6.07) is 4.52. The monoisotopic (exact) mass is 424 g/mol. The van der Waals surface area contributed by atoms with Crippen molar-refractivity contribution in [3.05, 3.63) is 46.8 Å². The number of carboxylic acids is 1. The summed E-state index contributed by atoms with van der Waals surface area (Å²) >= 11 is 0. The summed E-state index contributed by atoms with van der Waals surface area (Å²) < 4.78 is 40.1. The Morgan fingerprint density at radius 3 is 2.37 bits per heavy atom. The highest BCUT2D eigenvalue weighted by molar-refractivity contribution is 6.03. The minimum absolute atomic E-state index is 0.0591. The minimum atomic E-state index is -4.75. The molecule has 0 aliphatic carbocycles. The van der Waals surface area contributed by atoms with E-state index in [4.69, 9.17) is 5.11 Å². The van der Waals surface area contributed by atoms with Crippen LogP contribution in [0.15, 0.2) is 24.3 Å². The Kier molecular flexibility index (Phi) is 7.01. The fraction of sp³-hybridized carbons (Fsp3) is 0.400. The molecule has 1 aromatic heterocycles. The van der Waals surface area contributed by atoms with Gasteiger partial charge < -0.3 is 15.3 Å². The molecule has 2 N–H and O–H groups in total. The molecule has 0 bridgehead atoms. The normalized spacial score (nSPS) is 11.5. The first-order valence-corrected chi connectivity index (χ1v) is 9.32. The van der Waals surface area contributed by atoms with Gasteiger partial charge in [0.15, 0.2) is 5.69 Å². The maximum Gasteiger partial charge on any atom is 0.433 e. The molecular weight excluding hydrogens is 401 g/mol. The van der Waals surface area contributed by atoms with E-state index in [1.54, 1.807) is 25.7 Å². The zero-order valence-electron chi connectivity index (χ0n) is 17.0. The first-order valence-electron chi connectivity index (χ1n) is 9.32. The molecule has 1 heterocycles. The van der Waals surface area contributed by atoms with E-state index < -0.39 is 29.4 Å². The molecule has 7 nitrogen and oxygen atoms in total. The van der Waals surface area contributed by atoms with Gasteiger partial charge in [-0.2, -0.15) is 13.2 Å². The molecule has 2 aromatic rings. The molecule has 0 aliphatic heterocycles. The molecule has 0 radical (unpaired) electrons. The van der Waals surface area contributed by atoms with E-state index in [1.165, 1.54) is 18.2 Å². The lowest BCUT2D eigenvalue weighted by Crippen LogP contribution is -2.34. The Morgan fingerprint density at radius 1 is 1.20 bits per heavy atom. The average Bonchev–Trinajstić information content (AvgIpc) is 2.64. The van der Waals surface area contributed by atoms with Crippen molar-refractivity contribution in [2.75, 3.05) is 16.8 Å². The lowest BCUT2D eigenvalue weighted by atomic mass is 10.1. The molecule has 0 saturated heterocycles. The van der Waals surface area contributed by atoms with Crippen LogP contribution < -0.4 is 10.2 Å². The third-order valence-electron chi connectivity index (χ3n) is 4.30. The largest absolute Gasteiger partial charge is 0.478 e. The Hall–Kier alpha value is -3.17. The lowest BCUT2D eigenvalue weighted by Gasteiger charge is -2.27. The number of aromatic nitrogens is 2. The number of halogens is 3. The Bertz CT molecular complexity index is 945. The van der Waals surface area contributed by atoms with Crippen molar-refractivity contribution in [3.8, 4) is 0 Å². The summed E-state index contributed by atoms with van der Waals surface area (Å²) in [5.74, 6) is -2.15. The number of carbonyl (C=O) groups is 2. The second-order valence-electron chi connectivity index (χ2n) is 7.01. The molecule has 1 aromatic carbocycles. The van der Waals surface area contributed by atoms with Gasteiger partial charge in [0.2, 0.25) is 5.95 Å². The summed E-state index contributed by atoms with van der Waals surface area (Å²) in [5, 5.41) is 11.5. The standard InChI is InChI=1S/C20H23F3N4O3/c1-5-8-27(11(2)3)19-25-15(10-16(26-19)20(21,22)23)17(28)24-13-6-7-14(18(29)30)12(4)9-13/h6-7,9-11H,5,8H2,1-4H3,(H,24,28)(H,29,30). The highest BCUT2D eigenvalue weighted by atomic mass is 19.4. The van der Waals surface area contributed by atoms with Crippen LogP contribution in [0.3, 0.4) is 0 Å². The molecule has 0 spiro atoms. The first kappa shape index (κ1) is 23.1. The van der Waals surface area contributed by atoms with Gasteiger partial charge >= 0.3 is 12.1 Å². The van der Waals surface area contributed by atoms with E-state index in [-0.39, 0.29) is 23.2 Å². The van der Waals surface area contributed by atoms with Crippen molar-refractivity contribution < 1.29 is 27.9 Å². The molecule has 30 heavy (non-hydrogen) atoms. The lowest BCUT2D eigenvalue weighted by molar-refractivity contribution is -0.141. The molecular formula is C20H23F3N4O3. The summed E-state index contributed by atoms with van der Waals surface area (Å²) in [4.78, 5) is 33.0. The summed E-state index contributed by atoms with van der Waals surface area (Å²) in [6.45, 7) is 7.45. The van der Waals surface area contributed by atoms with Crippen LogP contribution in [-0.2, 0) is 6.18 Å². The number of nitrogens with one attached hydrogen (secondary N) is 1. The molecule has 0 saturated carbocycles. The quantitative estimate of drug-likeness (QED) is 0.685. The number of aromatic carboxylic acids is 1. The third kappa shape index (κ3) is 5.46. The maximum atomic E-state index is 13.4. The Balaban J connectivity index is 2.44. The highest BCUT2D eigenvalue weighted by Crippen LogP contribution is 2.30. The number of hydrogen-bond donors (Lipinski definition) is 2. The second-order valence-corrected chi connectivity index (χ2v) is 7.01. The maximum absolute atomic E-state index is 13.4. The van der Waals surface area contributed by atoms with Gasteiger partial charge in [-0.1, -0.05) is 6.92 Å². The fourth-order valence-corrected chi connectivity index (χ4v) is 2.83. The van der Waals surface area contributed by atoms with Gasteiger partial charge in [-0.3, -0.25) is 4.79 Å². The minimum Gasteiger partial charge on any atom is -0.478 e. The van der Waals surface area contributed by atoms with Gasteiger partial charge in [0.1, 0.15) is 5.69 Å². The van der Waals surface area contributed by atoms with Gasteiger partial charge in [-0.25, -0.2) is 14.8 Å². The Labute approximate surface area is 172 Å². The van der Waals surface area contributed by atoms with E-state index in [2.05, 4.69) is 15.3 Å². The van der Waals surface area contributed by atoms with E-state index in [0.717, 1.165) is 0 Å². The highest BCUT2D eigenvalue weighted by Gasteiger charge is 2.35. The van der Waals surface area contributed by atoms with E-state index in [1.807, 2.05) is 6.92 Å². The second kappa shape index (κ2) is 9.10. The van der Waals surface area contributed by atoms with Crippen molar-refractivity contribution in [1.29, 1.82) is 0 Å². The average molecular weight is 424 g/mol. The number of carboxylic acid groups (broad SMARTS) is 1. The number of carbonyl (C=O) groups excluding carboxylic acids is 1. The topological polar surface area (TPSA) is 95.4 Å². The SMILES string of the molecule is CCCN(c1nc(C(=O)Nc2ccc(C(=O)O)c(C)c2)cc(C(F)(F)F)n1)C(C)C. The van der Waals surface area contributed by atoms with Gasteiger partial charge in [-0.05, 0) is 51.0 Å². The van der Waals surface area contributed by atoms with E-state index in [0.29, 0.717) is 24.6 Å². The van der Waals surface area contributed by atoms with Crippen LogP contribution in [-0.4, -0.2) is 39.5 Å². The summed E-state index contributed by atoms with van der Waals surface area (Å²) in [6.07, 6.45) is -4.09. The number of rotatable bonds is 7. The summed E-state index contributed by atoms with van der Waals surface area (Å²) in [5.41, 5.74) is -0.950. The first-order chi connectivity index (χ1) is 13.9. The smallest absolute Gasteiger partial charge is 0.433 e. The van der Waals surface area contributed by atoms with Crippen LogP contribution in [0.4, 0.5) is 24.8 Å². The van der Waals surface area contributed by atoms with Gasteiger partial charge in [0, 0.05) is 24.3 Å². The number of nitrogens with zero attached hydrogens (tertiary/aromatic N) is 3. The van der Waals surface area contributed by atoms with Crippen LogP contribution in [0.5, 0.6) is 0 Å². The molecule has 162 valence electrons. The number of amides is 1. The van der Waals surface area contributed by atoms with Gasteiger partial charge in [-0.15, -0.1) is 0 Å². The third-order valence-corrected chi connectivity index (χ3v) is 4.30. The predicted octanol–water partition coefficient (Wildman–Crippen LogP) is 4.38. The van der Waals surface area contributed by atoms with Crippen LogP contribution >= 0.6 is 0 Å². The van der Waals surface area contributed by atoms with Crippen LogP contribution in [0.1, 0.15) is 59.3 Å². The molecule has 0 atom stereocenters. The molecule has 0 aliphatic rings. The zero-order valence-corrected chi connectivity index (χ0v) is 17.0. The van der Waals surface area contributed by atoms with Crippen molar-refractivity contribution in [2.45, 2.75) is 46.3 Å². The molecule has 0 fully saturated rings. The van der Waals surface area contributed by atoms with Gasteiger partial charge in [0.25, 0.3) is 5.91 Å². The number of anilines is 2. The number of aryl methyl sites for hydroxylation is 1. The van der Waals surface area contributed by atoms with Crippen LogP contribution in [0.2, 0.25) is 0 Å². The molecule has 2 rings (SSSR count). The fourth-order valence-electron chi connectivity index (χ4n) is 2.83. The zero-order chi connectivity index (χ0) is 22.6. The number of benzene rings is 1. The predicted molar refractivity (Wildman–Crippen MR) is 106 cm³/mol. The number of hydrogen-bond acceptors (Lipinski definition) is 5. The van der Waals surface area contributed by atoms with Crippen molar-refractivity contribution in [2.24, 2.45) is 0 Å². The molecule has 1 amide bonds. The van der Waals surface area contributed by atoms with Crippen molar-refractivity contribution in [1.82, 2.24) is 9.97 Å². The van der Waals surface area contributed by atoms with Crippen molar-refractivity contribution >= 4 is 23.5 Å². The van der Waals surface area contributed by atoms with Crippen LogP contribution in [0.25, 0.3) is 0 Å².